The highest BCUT2D eigenvalue weighted by atomic mass is 32.2. The Morgan fingerprint density at radius 1 is 1.73 bits per heavy atom. The van der Waals surface area contributed by atoms with E-state index in [2.05, 4.69) is 13.0 Å². The van der Waals surface area contributed by atoms with Crippen LogP contribution in [-0.4, -0.2) is 23.7 Å². The first-order valence-electron chi connectivity index (χ1n) is 3.94. The highest BCUT2D eigenvalue weighted by molar-refractivity contribution is 7.99. The molecule has 1 aliphatic rings. The smallest absolute Gasteiger partial charge is 0.0666 e. The number of thioether (sulfide) groups is 1. The van der Waals surface area contributed by atoms with Crippen LogP contribution in [0, 0.1) is 11.3 Å². The van der Waals surface area contributed by atoms with Crippen LogP contribution in [0.25, 0.3) is 0 Å². The molecule has 0 bridgehead atoms. The molecule has 0 radical (unpaired) electrons. The second-order valence-corrected chi connectivity index (χ2v) is 4.03. The number of ether oxygens (including phenoxy) is 1. The Labute approximate surface area is 71.9 Å². The van der Waals surface area contributed by atoms with Gasteiger partial charge in [-0.25, -0.2) is 0 Å². The molecule has 0 spiro atoms. The van der Waals surface area contributed by atoms with E-state index in [1.807, 2.05) is 11.8 Å². The third kappa shape index (κ3) is 2.72. The van der Waals surface area contributed by atoms with Crippen LogP contribution in [0.1, 0.15) is 19.8 Å². The average molecular weight is 171 g/mol. The first-order valence-corrected chi connectivity index (χ1v) is 4.99. The Bertz CT molecular complexity index is 155. The van der Waals surface area contributed by atoms with E-state index in [-0.39, 0.29) is 0 Å². The fourth-order valence-electron chi connectivity index (χ4n) is 1.19. The summed E-state index contributed by atoms with van der Waals surface area (Å²) in [5.41, 5.74) is 0. The molecular weight excluding hydrogens is 158 g/mol. The van der Waals surface area contributed by atoms with Crippen molar-refractivity contribution in [3.63, 3.8) is 0 Å². The first-order chi connectivity index (χ1) is 5.34. The van der Waals surface area contributed by atoms with Crippen molar-refractivity contribution in [1.29, 1.82) is 5.26 Å². The summed E-state index contributed by atoms with van der Waals surface area (Å²) >= 11 is 1.87. The molecule has 0 saturated carbocycles. The number of rotatable bonds is 3. The van der Waals surface area contributed by atoms with Crippen LogP contribution in [0.15, 0.2) is 0 Å². The molecule has 1 heterocycles. The highest BCUT2D eigenvalue weighted by Crippen LogP contribution is 2.26. The van der Waals surface area contributed by atoms with Crippen molar-refractivity contribution in [3.05, 3.63) is 0 Å². The van der Waals surface area contributed by atoms with Gasteiger partial charge in [0, 0.05) is 24.0 Å². The summed E-state index contributed by atoms with van der Waals surface area (Å²) in [6.45, 7) is 3.00. The van der Waals surface area contributed by atoms with Gasteiger partial charge in [-0.15, -0.1) is 0 Å². The van der Waals surface area contributed by atoms with Crippen LogP contribution in [0.3, 0.4) is 0 Å². The maximum Gasteiger partial charge on any atom is 0.0666 e. The zero-order valence-corrected chi connectivity index (χ0v) is 7.56. The molecule has 3 heteroatoms. The largest absolute Gasteiger partial charge is 0.377 e. The van der Waals surface area contributed by atoms with E-state index in [0.29, 0.717) is 17.8 Å². The predicted octanol–water partition coefficient (Wildman–Crippen LogP) is 1.81. The molecule has 1 fully saturated rings. The standard InChI is InChI=1S/C8H13NOS/c1-7-8(3-5-10-7)11-6-2-4-9/h7-8H,2-3,5-6H2,1H3. The van der Waals surface area contributed by atoms with Crippen molar-refractivity contribution in [2.75, 3.05) is 12.4 Å². The van der Waals surface area contributed by atoms with Gasteiger partial charge in [-0.1, -0.05) is 0 Å². The summed E-state index contributed by atoms with van der Waals surface area (Å²) in [6, 6.07) is 2.14. The second kappa shape index (κ2) is 4.63. The van der Waals surface area contributed by atoms with Crippen LogP contribution >= 0.6 is 11.8 Å². The lowest BCUT2D eigenvalue weighted by molar-refractivity contribution is 0.127. The van der Waals surface area contributed by atoms with Crippen molar-refractivity contribution < 1.29 is 4.74 Å². The Morgan fingerprint density at radius 3 is 3.09 bits per heavy atom. The van der Waals surface area contributed by atoms with Gasteiger partial charge in [-0.3, -0.25) is 0 Å². The summed E-state index contributed by atoms with van der Waals surface area (Å²) in [6.07, 6.45) is 2.20. The fraction of sp³-hybridized carbons (Fsp3) is 0.875. The van der Waals surface area contributed by atoms with E-state index >= 15 is 0 Å². The van der Waals surface area contributed by atoms with Crippen LogP contribution in [0.5, 0.6) is 0 Å². The SMILES string of the molecule is CC1OCCC1SCCC#N. The number of nitrogens with zero attached hydrogens (tertiary/aromatic N) is 1. The maximum atomic E-state index is 8.31. The normalized spacial score (nSPS) is 30.2. The van der Waals surface area contributed by atoms with Gasteiger partial charge < -0.3 is 4.74 Å². The van der Waals surface area contributed by atoms with Gasteiger partial charge >= 0.3 is 0 Å². The van der Waals surface area contributed by atoms with Gasteiger partial charge in [0.25, 0.3) is 0 Å². The molecule has 1 aliphatic heterocycles. The van der Waals surface area contributed by atoms with Crippen molar-refractivity contribution in [1.82, 2.24) is 0 Å². The topological polar surface area (TPSA) is 33.0 Å². The molecule has 2 atom stereocenters. The van der Waals surface area contributed by atoms with Crippen LogP contribution in [0.2, 0.25) is 0 Å². The Balaban J connectivity index is 2.11. The van der Waals surface area contributed by atoms with E-state index in [1.54, 1.807) is 0 Å². The average Bonchev–Trinajstić information content (AvgIpc) is 2.37. The Kier molecular flexibility index (Phi) is 3.74. The molecule has 0 aromatic rings. The van der Waals surface area contributed by atoms with E-state index in [9.17, 15) is 0 Å². The molecule has 62 valence electrons. The molecular formula is C8H13NOS. The summed E-state index contributed by atoms with van der Waals surface area (Å²) < 4.78 is 5.39. The lowest BCUT2D eigenvalue weighted by atomic mass is 10.3. The zero-order valence-electron chi connectivity index (χ0n) is 6.75. The van der Waals surface area contributed by atoms with E-state index in [0.717, 1.165) is 18.8 Å². The Hall–Kier alpha value is -0.200. The lowest BCUT2D eigenvalue weighted by Crippen LogP contribution is -2.13. The number of hydrogen-bond donors (Lipinski definition) is 0. The number of nitriles is 1. The van der Waals surface area contributed by atoms with Crippen LogP contribution in [-0.2, 0) is 4.74 Å². The third-order valence-electron chi connectivity index (χ3n) is 1.85. The first kappa shape index (κ1) is 8.89. The van der Waals surface area contributed by atoms with Gasteiger partial charge in [-0.2, -0.15) is 17.0 Å². The molecule has 0 aromatic heterocycles. The Morgan fingerprint density at radius 2 is 2.55 bits per heavy atom. The van der Waals surface area contributed by atoms with Crippen molar-refractivity contribution in [3.8, 4) is 6.07 Å². The van der Waals surface area contributed by atoms with E-state index < -0.39 is 0 Å². The van der Waals surface area contributed by atoms with Gasteiger partial charge in [-0.05, 0) is 13.3 Å². The molecule has 0 N–H and O–H groups in total. The predicted molar refractivity (Wildman–Crippen MR) is 46.5 cm³/mol. The molecule has 2 nitrogen and oxygen atoms in total. The van der Waals surface area contributed by atoms with Crippen LogP contribution in [0.4, 0.5) is 0 Å². The fourth-order valence-corrected chi connectivity index (χ4v) is 2.31. The summed E-state index contributed by atoms with van der Waals surface area (Å²) in [4.78, 5) is 0. The van der Waals surface area contributed by atoms with E-state index in [1.165, 1.54) is 0 Å². The maximum absolute atomic E-state index is 8.31. The molecule has 1 saturated heterocycles. The summed E-state index contributed by atoms with van der Waals surface area (Å²) in [7, 11) is 0. The van der Waals surface area contributed by atoms with Gasteiger partial charge in [0.2, 0.25) is 0 Å². The van der Waals surface area contributed by atoms with E-state index in [4.69, 9.17) is 10.00 Å². The molecule has 2 unspecified atom stereocenters. The highest BCUT2D eigenvalue weighted by Gasteiger charge is 2.23. The molecule has 1 rings (SSSR count). The second-order valence-electron chi connectivity index (χ2n) is 2.68. The minimum atomic E-state index is 0.388. The molecule has 0 amide bonds. The summed E-state index contributed by atoms with van der Waals surface area (Å²) in [5.74, 6) is 0.953. The van der Waals surface area contributed by atoms with Crippen molar-refractivity contribution in [2.24, 2.45) is 0 Å². The van der Waals surface area contributed by atoms with Gasteiger partial charge in [0.1, 0.15) is 0 Å². The molecule has 0 aliphatic carbocycles. The van der Waals surface area contributed by atoms with Gasteiger partial charge in [0.05, 0.1) is 12.2 Å². The zero-order chi connectivity index (χ0) is 8.10. The van der Waals surface area contributed by atoms with Gasteiger partial charge in [0.15, 0.2) is 0 Å². The van der Waals surface area contributed by atoms with Crippen molar-refractivity contribution >= 4 is 11.8 Å². The summed E-state index contributed by atoms with van der Waals surface area (Å²) in [5, 5.41) is 8.94. The monoisotopic (exact) mass is 171 g/mol. The third-order valence-corrected chi connectivity index (χ3v) is 3.34. The molecule has 0 aromatic carbocycles. The minimum absolute atomic E-state index is 0.388. The minimum Gasteiger partial charge on any atom is -0.377 e. The lowest BCUT2D eigenvalue weighted by Gasteiger charge is -2.11. The van der Waals surface area contributed by atoms with Crippen LogP contribution < -0.4 is 0 Å². The van der Waals surface area contributed by atoms with Crippen molar-refractivity contribution in [2.45, 2.75) is 31.1 Å². The molecule has 11 heavy (non-hydrogen) atoms. The quantitative estimate of drug-likeness (QED) is 0.607. The number of hydrogen-bond acceptors (Lipinski definition) is 3.